The highest BCUT2D eigenvalue weighted by molar-refractivity contribution is 5.97. The maximum absolute atomic E-state index is 13.7. The molecule has 11 nitrogen and oxygen atoms in total. The number of carbonyl (C=O) groups is 1. The van der Waals surface area contributed by atoms with Gasteiger partial charge in [-0.05, 0) is 31.0 Å². The number of nitrogens with zero attached hydrogens (tertiary/aromatic N) is 7. The maximum atomic E-state index is 13.7. The lowest BCUT2D eigenvalue weighted by Gasteiger charge is -2.38. The van der Waals surface area contributed by atoms with Crippen molar-refractivity contribution in [3.63, 3.8) is 0 Å². The quantitative estimate of drug-likeness (QED) is 0.443. The predicted molar refractivity (Wildman–Crippen MR) is 136 cm³/mol. The molecule has 0 aliphatic carbocycles. The fourth-order valence-corrected chi connectivity index (χ4v) is 5.71. The second kappa shape index (κ2) is 8.58. The number of rotatable bonds is 3. The Balaban J connectivity index is 1.23. The van der Waals surface area contributed by atoms with E-state index in [9.17, 15) is 14.9 Å². The number of piperidine rings is 1. The van der Waals surface area contributed by atoms with Crippen LogP contribution in [0.25, 0.3) is 11.2 Å². The molecule has 1 saturated heterocycles. The van der Waals surface area contributed by atoms with Crippen molar-refractivity contribution < 1.29 is 4.79 Å². The van der Waals surface area contributed by atoms with Gasteiger partial charge in [0.2, 0.25) is 0 Å². The lowest BCUT2D eigenvalue weighted by atomic mass is 9.83. The summed E-state index contributed by atoms with van der Waals surface area (Å²) in [6.45, 7) is 6.45. The highest BCUT2D eigenvalue weighted by atomic mass is 16.2. The zero-order valence-corrected chi connectivity index (χ0v) is 20.7. The van der Waals surface area contributed by atoms with Crippen LogP contribution < -0.4 is 10.6 Å². The molecule has 6 heterocycles. The molecule has 0 bridgehead atoms. The molecule has 37 heavy (non-hydrogen) atoms. The summed E-state index contributed by atoms with van der Waals surface area (Å²) < 4.78 is 1.79. The first-order valence-electron chi connectivity index (χ1n) is 12.4. The minimum atomic E-state index is -0.277. The largest absolute Gasteiger partial charge is 0.356 e. The fraction of sp³-hybridized carbons (Fsp3) is 0.385. The molecule has 0 unspecified atom stereocenters. The van der Waals surface area contributed by atoms with Gasteiger partial charge in [0.25, 0.3) is 5.91 Å². The summed E-state index contributed by atoms with van der Waals surface area (Å²) in [5.41, 5.74) is 3.62. The summed E-state index contributed by atoms with van der Waals surface area (Å²) in [5.74, 6) is 0.474. The van der Waals surface area contributed by atoms with Gasteiger partial charge < -0.3 is 9.80 Å². The van der Waals surface area contributed by atoms with Gasteiger partial charge in [-0.3, -0.25) is 19.4 Å². The van der Waals surface area contributed by atoms with E-state index in [0.29, 0.717) is 43.2 Å². The number of H-pyrrole nitrogens is 2. The van der Waals surface area contributed by atoms with Crippen LogP contribution in [0.2, 0.25) is 0 Å². The van der Waals surface area contributed by atoms with E-state index in [-0.39, 0.29) is 28.6 Å². The number of carbonyl (C=O) groups excluding carboxylic acids is 1. The van der Waals surface area contributed by atoms with Crippen molar-refractivity contribution in [3.05, 3.63) is 69.7 Å². The van der Waals surface area contributed by atoms with Crippen molar-refractivity contribution >= 4 is 22.9 Å². The van der Waals surface area contributed by atoms with Crippen LogP contribution in [0.4, 0.5) is 5.82 Å². The van der Waals surface area contributed by atoms with Gasteiger partial charge in [-0.2, -0.15) is 10.4 Å². The monoisotopic (exact) mass is 497 g/mol. The van der Waals surface area contributed by atoms with Gasteiger partial charge in [-0.1, -0.05) is 13.8 Å². The van der Waals surface area contributed by atoms with E-state index in [4.69, 9.17) is 0 Å². The predicted octanol–water partition coefficient (Wildman–Crippen LogP) is 2.49. The third kappa shape index (κ3) is 3.85. The molecular formula is C26H27N9O2. The summed E-state index contributed by atoms with van der Waals surface area (Å²) in [6.07, 6.45) is 6.41. The molecule has 188 valence electrons. The van der Waals surface area contributed by atoms with Crippen LogP contribution in [0.15, 0.2) is 41.6 Å². The van der Waals surface area contributed by atoms with E-state index >= 15 is 0 Å². The number of imidazole rings is 1. The number of hydrogen-bond donors (Lipinski definition) is 2. The Morgan fingerprint density at radius 1 is 1.22 bits per heavy atom. The lowest BCUT2D eigenvalue weighted by Crippen LogP contribution is -2.45. The summed E-state index contributed by atoms with van der Waals surface area (Å²) in [4.78, 5) is 41.7. The molecule has 6 rings (SSSR count). The number of nitriles is 1. The Morgan fingerprint density at radius 3 is 2.81 bits per heavy atom. The number of anilines is 1. The summed E-state index contributed by atoms with van der Waals surface area (Å²) in [6, 6.07) is 7.65. The van der Waals surface area contributed by atoms with Crippen LogP contribution in [0, 0.1) is 11.3 Å². The first kappa shape index (κ1) is 23.0. The van der Waals surface area contributed by atoms with Crippen LogP contribution in [-0.2, 0) is 12.0 Å². The average Bonchev–Trinajstić information content (AvgIpc) is 3.52. The molecule has 2 aliphatic heterocycles. The maximum Gasteiger partial charge on any atom is 0.327 e. The van der Waals surface area contributed by atoms with E-state index in [1.165, 1.54) is 6.20 Å². The molecular weight excluding hydrogens is 470 g/mol. The van der Waals surface area contributed by atoms with Crippen LogP contribution in [0.3, 0.4) is 0 Å². The Labute approximate surface area is 212 Å². The number of aromatic nitrogens is 6. The van der Waals surface area contributed by atoms with E-state index in [1.807, 2.05) is 12.1 Å². The van der Waals surface area contributed by atoms with Gasteiger partial charge in [0, 0.05) is 61.3 Å². The number of aromatic amines is 2. The third-order valence-electron chi connectivity index (χ3n) is 7.51. The van der Waals surface area contributed by atoms with Gasteiger partial charge in [-0.25, -0.2) is 14.8 Å². The zero-order valence-electron chi connectivity index (χ0n) is 20.7. The molecule has 0 atom stereocenters. The van der Waals surface area contributed by atoms with Crippen LogP contribution in [0.1, 0.15) is 59.9 Å². The topological polar surface area (TPSA) is 140 Å². The molecule has 4 aromatic heterocycles. The van der Waals surface area contributed by atoms with E-state index in [1.54, 1.807) is 27.9 Å². The van der Waals surface area contributed by atoms with E-state index < -0.39 is 0 Å². The molecule has 0 saturated carbocycles. The minimum Gasteiger partial charge on any atom is -0.356 e. The summed E-state index contributed by atoms with van der Waals surface area (Å²) in [5, 5.41) is 16.9. The van der Waals surface area contributed by atoms with Crippen LogP contribution in [0.5, 0.6) is 0 Å². The molecule has 0 radical (unpaired) electrons. The Bertz CT molecular complexity index is 1600. The van der Waals surface area contributed by atoms with Gasteiger partial charge >= 0.3 is 5.69 Å². The van der Waals surface area contributed by atoms with Crippen molar-refractivity contribution in [3.8, 4) is 6.07 Å². The minimum absolute atomic E-state index is 0.0425. The van der Waals surface area contributed by atoms with Gasteiger partial charge in [0.1, 0.15) is 11.9 Å². The highest BCUT2D eigenvalue weighted by Crippen LogP contribution is 2.33. The zero-order chi connectivity index (χ0) is 25.7. The van der Waals surface area contributed by atoms with E-state index in [0.717, 1.165) is 29.6 Å². The normalized spacial score (nSPS) is 17.5. The SMILES string of the molecule is CC1(C)CN(C(=O)c2cc(N3CCC(n4c(=O)[nH]c5ncccc54)CC3)ncc2C#N)Cc2cn[nH]c21. The second-order valence-corrected chi connectivity index (χ2v) is 10.4. The van der Waals surface area contributed by atoms with Gasteiger partial charge in [-0.15, -0.1) is 0 Å². The van der Waals surface area contributed by atoms with Crippen molar-refractivity contribution in [2.75, 3.05) is 24.5 Å². The van der Waals surface area contributed by atoms with Crippen LogP contribution in [-0.4, -0.2) is 60.2 Å². The number of pyridine rings is 2. The number of nitrogens with one attached hydrogen (secondary N) is 2. The van der Waals surface area contributed by atoms with Crippen molar-refractivity contribution in [2.45, 2.75) is 44.7 Å². The first-order chi connectivity index (χ1) is 17.9. The first-order valence-corrected chi connectivity index (χ1v) is 12.4. The smallest absolute Gasteiger partial charge is 0.327 e. The summed E-state index contributed by atoms with van der Waals surface area (Å²) >= 11 is 0. The Kier molecular flexibility index (Phi) is 5.33. The number of hydrogen-bond acceptors (Lipinski definition) is 7. The van der Waals surface area contributed by atoms with Gasteiger partial charge in [0.15, 0.2) is 5.65 Å². The molecule has 2 aliphatic rings. The average molecular weight is 498 g/mol. The fourth-order valence-electron chi connectivity index (χ4n) is 5.71. The second-order valence-electron chi connectivity index (χ2n) is 10.4. The molecule has 0 aromatic carbocycles. The standard InChI is InChI=1S/C26H27N9O2/c1-26(2)15-34(14-17-13-30-32-22(17)26)24(36)19-10-21(29-12-16(19)11-27)33-8-5-18(6-9-33)35-20-4-3-7-28-23(20)31-25(35)37/h3-4,7,10,12-13,18H,5-6,8-9,14-15H2,1-2H3,(H,30,32)(H,28,31,37). The molecule has 2 N–H and O–H groups in total. The number of fused-ring (bicyclic) bond motifs is 2. The molecule has 4 aromatic rings. The molecule has 0 spiro atoms. The molecule has 11 heteroatoms. The Hall–Kier alpha value is -4.46. The summed E-state index contributed by atoms with van der Waals surface area (Å²) in [7, 11) is 0. The van der Waals surface area contributed by atoms with Crippen molar-refractivity contribution in [1.82, 2.24) is 34.6 Å². The molecule has 1 amide bonds. The van der Waals surface area contributed by atoms with E-state index in [2.05, 4.69) is 50.0 Å². The number of amides is 1. The molecule has 1 fully saturated rings. The van der Waals surface area contributed by atoms with Crippen molar-refractivity contribution in [1.29, 1.82) is 5.26 Å². The van der Waals surface area contributed by atoms with Crippen molar-refractivity contribution in [2.24, 2.45) is 0 Å². The van der Waals surface area contributed by atoms with Gasteiger partial charge in [0.05, 0.1) is 22.8 Å². The lowest BCUT2D eigenvalue weighted by molar-refractivity contribution is 0.0684. The highest BCUT2D eigenvalue weighted by Gasteiger charge is 2.36. The third-order valence-corrected chi connectivity index (χ3v) is 7.51. The Morgan fingerprint density at radius 2 is 2.03 bits per heavy atom. The van der Waals surface area contributed by atoms with Crippen LogP contribution >= 0.6 is 0 Å².